The van der Waals surface area contributed by atoms with Crippen LogP contribution in [0, 0.1) is 0 Å². The average Bonchev–Trinajstić information content (AvgIpc) is 2.92. The van der Waals surface area contributed by atoms with Crippen LogP contribution < -0.4 is 10.6 Å². The first-order valence-electron chi connectivity index (χ1n) is 7.75. The minimum Gasteiger partial charge on any atom is -0.477 e. The van der Waals surface area contributed by atoms with E-state index < -0.39 is 12.0 Å². The van der Waals surface area contributed by atoms with E-state index in [1.807, 2.05) is 45.0 Å². The van der Waals surface area contributed by atoms with Crippen molar-refractivity contribution in [2.75, 3.05) is 10.6 Å². The fourth-order valence-electron chi connectivity index (χ4n) is 2.12. The fourth-order valence-corrected chi connectivity index (χ4v) is 3.13. The zero-order valence-electron chi connectivity index (χ0n) is 14.3. The molecule has 3 N–H and O–H groups in total. The van der Waals surface area contributed by atoms with E-state index in [1.165, 1.54) is 16.9 Å². The molecule has 1 aromatic carbocycles. The number of benzene rings is 1. The second-order valence-corrected chi connectivity index (χ2v) is 7.59. The summed E-state index contributed by atoms with van der Waals surface area (Å²) < 4.78 is 0. The van der Waals surface area contributed by atoms with Gasteiger partial charge in [0.05, 0.1) is 5.69 Å². The Kier molecular flexibility index (Phi) is 6.76. The van der Waals surface area contributed by atoms with Crippen LogP contribution in [0.5, 0.6) is 0 Å². The highest BCUT2D eigenvalue weighted by Crippen LogP contribution is 2.35. The molecule has 0 aliphatic rings. The SMILES string of the molecule is C.CCc1ccc(NC(=O)Nc2cc(C(C)(C)C)sc2C(=O)O)cc1. The van der Waals surface area contributed by atoms with Crippen molar-refractivity contribution in [1.82, 2.24) is 0 Å². The summed E-state index contributed by atoms with van der Waals surface area (Å²) in [5.74, 6) is -1.04. The third kappa shape index (κ3) is 5.32. The van der Waals surface area contributed by atoms with Gasteiger partial charge >= 0.3 is 12.0 Å². The number of rotatable bonds is 4. The molecule has 0 atom stereocenters. The molecule has 0 bridgehead atoms. The van der Waals surface area contributed by atoms with Gasteiger partial charge in [-0.15, -0.1) is 11.3 Å². The molecule has 25 heavy (non-hydrogen) atoms. The molecule has 0 saturated heterocycles. The van der Waals surface area contributed by atoms with Crippen LogP contribution >= 0.6 is 11.3 Å². The molecule has 136 valence electrons. The average molecular weight is 362 g/mol. The molecule has 0 saturated carbocycles. The number of urea groups is 1. The van der Waals surface area contributed by atoms with E-state index in [9.17, 15) is 14.7 Å². The number of nitrogens with one attached hydrogen (secondary N) is 2. The molecule has 0 spiro atoms. The lowest BCUT2D eigenvalue weighted by molar-refractivity contribution is 0.0703. The van der Waals surface area contributed by atoms with E-state index in [2.05, 4.69) is 17.6 Å². The lowest BCUT2D eigenvalue weighted by Gasteiger charge is -2.15. The van der Waals surface area contributed by atoms with Crippen molar-refractivity contribution in [1.29, 1.82) is 0 Å². The van der Waals surface area contributed by atoms with E-state index in [1.54, 1.807) is 6.07 Å². The van der Waals surface area contributed by atoms with Gasteiger partial charge in [-0.3, -0.25) is 0 Å². The Morgan fingerprint density at radius 3 is 2.20 bits per heavy atom. The maximum absolute atomic E-state index is 12.2. The predicted octanol–water partition coefficient (Wildman–Crippen LogP) is 5.59. The van der Waals surface area contributed by atoms with Crippen LogP contribution in [0.1, 0.15) is 55.2 Å². The van der Waals surface area contributed by atoms with Gasteiger partial charge in [-0.1, -0.05) is 47.3 Å². The van der Waals surface area contributed by atoms with Crippen molar-refractivity contribution >= 4 is 34.7 Å². The highest BCUT2D eigenvalue weighted by atomic mass is 32.1. The van der Waals surface area contributed by atoms with Crippen molar-refractivity contribution in [3.05, 3.63) is 45.6 Å². The summed E-state index contributed by atoms with van der Waals surface area (Å²) in [6.45, 7) is 8.07. The molecule has 0 aliphatic carbocycles. The van der Waals surface area contributed by atoms with Gasteiger partial charge in [-0.05, 0) is 35.6 Å². The molecule has 2 aromatic rings. The number of hydrogen-bond donors (Lipinski definition) is 3. The quantitative estimate of drug-likeness (QED) is 0.663. The lowest BCUT2D eigenvalue weighted by atomic mass is 9.94. The monoisotopic (exact) mass is 362 g/mol. The molecule has 1 heterocycles. The number of carbonyl (C=O) groups excluding carboxylic acids is 1. The number of anilines is 2. The molecule has 0 aliphatic heterocycles. The Morgan fingerprint density at radius 1 is 1.12 bits per heavy atom. The van der Waals surface area contributed by atoms with Crippen LogP contribution in [0.3, 0.4) is 0 Å². The lowest BCUT2D eigenvalue weighted by Crippen LogP contribution is -2.20. The smallest absolute Gasteiger partial charge is 0.348 e. The van der Waals surface area contributed by atoms with Gasteiger partial charge in [-0.25, -0.2) is 9.59 Å². The summed E-state index contributed by atoms with van der Waals surface area (Å²) in [5, 5.41) is 14.7. The standard InChI is InChI=1S/C18H22N2O3S.CH4/c1-5-11-6-8-12(9-7-11)19-17(23)20-13-10-14(18(2,3)4)24-15(13)16(21)22;/h6-10H,5H2,1-4H3,(H,21,22)(H2,19,20,23);1H4. The molecule has 0 fully saturated rings. The highest BCUT2D eigenvalue weighted by molar-refractivity contribution is 7.14. The summed E-state index contributed by atoms with van der Waals surface area (Å²) in [7, 11) is 0. The van der Waals surface area contributed by atoms with Crippen LogP contribution in [0.15, 0.2) is 30.3 Å². The number of thiophene rings is 1. The number of aromatic carboxylic acids is 1. The van der Waals surface area contributed by atoms with Gasteiger partial charge in [-0.2, -0.15) is 0 Å². The molecule has 5 nitrogen and oxygen atoms in total. The van der Waals surface area contributed by atoms with Crippen LogP contribution in [0.2, 0.25) is 0 Å². The summed E-state index contributed by atoms with van der Waals surface area (Å²) in [5.41, 5.74) is 1.98. The normalized spacial score (nSPS) is 10.7. The summed E-state index contributed by atoms with van der Waals surface area (Å²) in [6.07, 6.45) is 0.929. The number of hydrogen-bond acceptors (Lipinski definition) is 3. The van der Waals surface area contributed by atoms with E-state index in [0.29, 0.717) is 11.4 Å². The van der Waals surface area contributed by atoms with Gasteiger partial charge in [0.2, 0.25) is 0 Å². The minimum absolute atomic E-state index is 0. The molecule has 2 amide bonds. The van der Waals surface area contributed by atoms with Gasteiger partial charge in [0, 0.05) is 10.6 Å². The summed E-state index contributed by atoms with van der Waals surface area (Å²) in [6, 6.07) is 8.81. The fraction of sp³-hybridized carbons (Fsp3) is 0.368. The van der Waals surface area contributed by atoms with Crippen molar-refractivity contribution < 1.29 is 14.7 Å². The Balaban J connectivity index is 0.00000312. The van der Waals surface area contributed by atoms with Crippen LogP contribution in [0.25, 0.3) is 0 Å². The number of aryl methyl sites for hydroxylation is 1. The number of amides is 2. The van der Waals surface area contributed by atoms with Crippen LogP contribution in [0.4, 0.5) is 16.2 Å². The number of carbonyl (C=O) groups is 2. The molecule has 0 unspecified atom stereocenters. The Morgan fingerprint density at radius 2 is 1.72 bits per heavy atom. The third-order valence-corrected chi connectivity index (χ3v) is 5.08. The van der Waals surface area contributed by atoms with Crippen LogP contribution in [-0.2, 0) is 11.8 Å². The van der Waals surface area contributed by atoms with E-state index >= 15 is 0 Å². The van der Waals surface area contributed by atoms with Crippen molar-refractivity contribution in [3.63, 3.8) is 0 Å². The second kappa shape index (κ2) is 8.16. The van der Waals surface area contributed by atoms with Gasteiger partial charge in [0.25, 0.3) is 0 Å². The first kappa shape index (κ1) is 20.7. The first-order chi connectivity index (χ1) is 11.2. The van der Waals surface area contributed by atoms with E-state index in [4.69, 9.17) is 0 Å². The van der Waals surface area contributed by atoms with Crippen molar-refractivity contribution in [3.8, 4) is 0 Å². The first-order valence-corrected chi connectivity index (χ1v) is 8.57. The third-order valence-electron chi connectivity index (χ3n) is 3.53. The summed E-state index contributed by atoms with van der Waals surface area (Å²) in [4.78, 5) is 24.6. The Hall–Kier alpha value is -2.34. The second-order valence-electron chi connectivity index (χ2n) is 6.54. The zero-order chi connectivity index (χ0) is 17.9. The van der Waals surface area contributed by atoms with E-state index in [0.717, 1.165) is 11.3 Å². The maximum Gasteiger partial charge on any atom is 0.348 e. The summed E-state index contributed by atoms with van der Waals surface area (Å²) >= 11 is 1.19. The molecular formula is C19H26N2O3S. The van der Waals surface area contributed by atoms with Gasteiger partial charge < -0.3 is 15.7 Å². The van der Waals surface area contributed by atoms with Crippen molar-refractivity contribution in [2.45, 2.75) is 47.0 Å². The highest BCUT2D eigenvalue weighted by Gasteiger charge is 2.23. The predicted molar refractivity (Wildman–Crippen MR) is 105 cm³/mol. The minimum atomic E-state index is -1.04. The maximum atomic E-state index is 12.2. The van der Waals surface area contributed by atoms with Gasteiger partial charge in [0.1, 0.15) is 4.88 Å². The Labute approximate surface area is 153 Å². The largest absolute Gasteiger partial charge is 0.477 e. The zero-order valence-corrected chi connectivity index (χ0v) is 15.1. The molecule has 2 rings (SSSR count). The van der Waals surface area contributed by atoms with Crippen molar-refractivity contribution in [2.24, 2.45) is 0 Å². The molecular weight excluding hydrogens is 336 g/mol. The molecule has 6 heteroatoms. The Bertz CT molecular complexity index is 743. The van der Waals surface area contributed by atoms with E-state index in [-0.39, 0.29) is 17.7 Å². The van der Waals surface area contributed by atoms with Crippen LogP contribution in [-0.4, -0.2) is 17.1 Å². The topological polar surface area (TPSA) is 78.4 Å². The number of carboxylic acid groups (broad SMARTS) is 1. The number of carboxylic acids is 1. The molecule has 1 aromatic heterocycles. The molecule has 0 radical (unpaired) electrons. The van der Waals surface area contributed by atoms with Gasteiger partial charge in [0.15, 0.2) is 0 Å².